The maximum atomic E-state index is 11.4. The van der Waals surface area contributed by atoms with Crippen LogP contribution in [-0.2, 0) is 9.59 Å². The molecule has 0 spiro atoms. The summed E-state index contributed by atoms with van der Waals surface area (Å²) in [5.41, 5.74) is 5.18. The van der Waals surface area contributed by atoms with Gasteiger partial charge in [0.05, 0.1) is 6.54 Å². The molecule has 1 saturated carbocycles. The van der Waals surface area contributed by atoms with E-state index >= 15 is 0 Å². The topological polar surface area (TPSA) is 84.2 Å². The molecule has 0 aliphatic heterocycles. The number of nitrogens with two attached hydrogens (primary N) is 1. The van der Waals surface area contributed by atoms with Crippen LogP contribution in [0.15, 0.2) is 0 Å². The lowest BCUT2D eigenvalue weighted by Crippen LogP contribution is -2.50. The lowest BCUT2D eigenvalue weighted by molar-refractivity contribution is -0.127. The molecule has 0 bridgehead atoms. The molecule has 0 aromatic heterocycles. The van der Waals surface area contributed by atoms with Crippen LogP contribution in [0.25, 0.3) is 0 Å². The zero-order valence-corrected chi connectivity index (χ0v) is 9.25. The molecule has 0 aromatic rings. The minimum absolute atomic E-state index is 0.0207. The first-order valence-electron chi connectivity index (χ1n) is 5.32. The van der Waals surface area contributed by atoms with Gasteiger partial charge in [-0.1, -0.05) is 13.8 Å². The number of nitrogens with one attached hydrogen (secondary N) is 2. The Bertz CT molecular complexity index is 249. The molecule has 1 atom stereocenters. The molecule has 0 aromatic carbocycles. The summed E-state index contributed by atoms with van der Waals surface area (Å²) in [5.74, 6) is -0.628. The smallest absolute Gasteiger partial charge is 0.240 e. The van der Waals surface area contributed by atoms with Crippen molar-refractivity contribution in [1.82, 2.24) is 10.6 Å². The fourth-order valence-corrected chi connectivity index (χ4v) is 1.32. The van der Waals surface area contributed by atoms with E-state index in [0.29, 0.717) is 6.04 Å². The predicted molar refractivity (Wildman–Crippen MR) is 57.0 cm³/mol. The zero-order valence-electron chi connectivity index (χ0n) is 9.25. The maximum Gasteiger partial charge on any atom is 0.240 e. The number of rotatable bonds is 6. The molecule has 0 heterocycles. The molecule has 1 aliphatic rings. The molecular weight excluding hydrogens is 194 g/mol. The average Bonchev–Trinajstić information content (AvgIpc) is 2.93. The van der Waals surface area contributed by atoms with E-state index in [4.69, 9.17) is 5.73 Å². The Morgan fingerprint density at radius 3 is 2.40 bits per heavy atom. The van der Waals surface area contributed by atoms with E-state index in [0.717, 1.165) is 12.8 Å². The van der Waals surface area contributed by atoms with E-state index in [1.807, 2.05) is 13.8 Å². The molecule has 86 valence electrons. The van der Waals surface area contributed by atoms with Crippen molar-refractivity contribution in [3.05, 3.63) is 0 Å². The van der Waals surface area contributed by atoms with Gasteiger partial charge in [-0.2, -0.15) is 0 Å². The Morgan fingerprint density at radius 1 is 1.40 bits per heavy atom. The summed E-state index contributed by atoms with van der Waals surface area (Å²) in [5, 5.41) is 5.70. The predicted octanol–water partition coefficient (Wildman–Crippen LogP) is -0.635. The SMILES string of the molecule is CC(C)C(NC(=O)CNC1CC1)C(N)=O. The van der Waals surface area contributed by atoms with Gasteiger partial charge in [0.2, 0.25) is 11.8 Å². The Labute approximate surface area is 89.8 Å². The van der Waals surface area contributed by atoms with E-state index in [2.05, 4.69) is 10.6 Å². The van der Waals surface area contributed by atoms with Crippen LogP contribution >= 0.6 is 0 Å². The molecule has 1 fully saturated rings. The van der Waals surface area contributed by atoms with Gasteiger partial charge in [-0.25, -0.2) is 0 Å². The number of carbonyl (C=O) groups is 2. The molecule has 1 aliphatic carbocycles. The van der Waals surface area contributed by atoms with Crippen molar-refractivity contribution >= 4 is 11.8 Å². The minimum Gasteiger partial charge on any atom is -0.368 e. The van der Waals surface area contributed by atoms with Crippen LogP contribution in [0, 0.1) is 5.92 Å². The standard InChI is InChI=1S/C10H19N3O2/c1-6(2)9(10(11)15)13-8(14)5-12-7-3-4-7/h6-7,9,12H,3-5H2,1-2H3,(H2,11,15)(H,13,14). The summed E-state index contributed by atoms with van der Waals surface area (Å²) in [6, 6.07) is -0.0830. The average molecular weight is 213 g/mol. The number of hydrogen-bond acceptors (Lipinski definition) is 3. The highest BCUT2D eigenvalue weighted by Crippen LogP contribution is 2.17. The van der Waals surface area contributed by atoms with E-state index < -0.39 is 11.9 Å². The Balaban J connectivity index is 2.28. The molecule has 15 heavy (non-hydrogen) atoms. The van der Waals surface area contributed by atoms with Gasteiger partial charge in [0, 0.05) is 6.04 Å². The van der Waals surface area contributed by atoms with Crippen LogP contribution in [0.5, 0.6) is 0 Å². The summed E-state index contributed by atoms with van der Waals surface area (Å²) in [6.07, 6.45) is 2.27. The molecule has 2 amide bonds. The van der Waals surface area contributed by atoms with Gasteiger partial charge in [0.25, 0.3) is 0 Å². The number of amides is 2. The third-order valence-electron chi connectivity index (χ3n) is 2.42. The van der Waals surface area contributed by atoms with Gasteiger partial charge in [-0.15, -0.1) is 0 Å². The summed E-state index contributed by atoms with van der Waals surface area (Å²) in [4.78, 5) is 22.4. The number of carbonyl (C=O) groups excluding carboxylic acids is 2. The highest BCUT2D eigenvalue weighted by atomic mass is 16.2. The monoisotopic (exact) mass is 213 g/mol. The van der Waals surface area contributed by atoms with Crippen LogP contribution in [0.3, 0.4) is 0 Å². The van der Waals surface area contributed by atoms with Gasteiger partial charge in [0.15, 0.2) is 0 Å². The van der Waals surface area contributed by atoms with Crippen LogP contribution < -0.4 is 16.4 Å². The zero-order chi connectivity index (χ0) is 11.4. The van der Waals surface area contributed by atoms with Crippen LogP contribution in [0.1, 0.15) is 26.7 Å². The molecule has 1 rings (SSSR count). The maximum absolute atomic E-state index is 11.4. The lowest BCUT2D eigenvalue weighted by atomic mass is 10.0. The largest absolute Gasteiger partial charge is 0.368 e. The summed E-state index contributed by atoms with van der Waals surface area (Å²) in [6.45, 7) is 3.97. The van der Waals surface area contributed by atoms with Crippen molar-refractivity contribution in [2.75, 3.05) is 6.54 Å². The lowest BCUT2D eigenvalue weighted by Gasteiger charge is -2.18. The molecular formula is C10H19N3O2. The molecule has 4 N–H and O–H groups in total. The second-order valence-corrected chi connectivity index (χ2v) is 4.35. The number of primary amides is 1. The van der Waals surface area contributed by atoms with Gasteiger partial charge in [0.1, 0.15) is 6.04 Å². The Morgan fingerprint density at radius 2 is 2.00 bits per heavy atom. The van der Waals surface area contributed by atoms with Gasteiger partial charge >= 0.3 is 0 Å². The minimum atomic E-state index is -0.571. The normalized spacial score (nSPS) is 17.5. The van der Waals surface area contributed by atoms with Gasteiger partial charge in [-0.05, 0) is 18.8 Å². The van der Waals surface area contributed by atoms with Crippen LogP contribution in [-0.4, -0.2) is 30.4 Å². The van der Waals surface area contributed by atoms with E-state index in [1.165, 1.54) is 0 Å². The number of hydrogen-bond donors (Lipinski definition) is 3. The summed E-state index contributed by atoms with van der Waals surface area (Å²) in [7, 11) is 0. The summed E-state index contributed by atoms with van der Waals surface area (Å²) >= 11 is 0. The molecule has 0 saturated heterocycles. The van der Waals surface area contributed by atoms with E-state index in [9.17, 15) is 9.59 Å². The molecule has 5 nitrogen and oxygen atoms in total. The third-order valence-corrected chi connectivity index (χ3v) is 2.42. The van der Waals surface area contributed by atoms with Crippen molar-refractivity contribution in [3.8, 4) is 0 Å². The highest BCUT2D eigenvalue weighted by Gasteiger charge is 2.24. The van der Waals surface area contributed by atoms with Crippen LogP contribution in [0.2, 0.25) is 0 Å². The first-order chi connectivity index (χ1) is 7.00. The Kier molecular flexibility index (Phi) is 4.08. The first kappa shape index (κ1) is 12.0. The van der Waals surface area contributed by atoms with Gasteiger partial charge in [-0.3, -0.25) is 9.59 Å². The third kappa shape index (κ3) is 4.29. The quantitative estimate of drug-likeness (QED) is 0.549. The fourth-order valence-electron chi connectivity index (χ4n) is 1.32. The highest BCUT2D eigenvalue weighted by molar-refractivity contribution is 5.87. The van der Waals surface area contributed by atoms with Crippen molar-refractivity contribution in [2.45, 2.75) is 38.8 Å². The first-order valence-corrected chi connectivity index (χ1v) is 5.32. The van der Waals surface area contributed by atoms with Crippen LogP contribution in [0.4, 0.5) is 0 Å². The Hall–Kier alpha value is -1.10. The van der Waals surface area contributed by atoms with Gasteiger partial charge < -0.3 is 16.4 Å². The van der Waals surface area contributed by atoms with Crippen molar-refractivity contribution in [3.63, 3.8) is 0 Å². The second-order valence-electron chi connectivity index (χ2n) is 4.35. The van der Waals surface area contributed by atoms with Crippen molar-refractivity contribution < 1.29 is 9.59 Å². The van der Waals surface area contributed by atoms with Crippen molar-refractivity contribution in [1.29, 1.82) is 0 Å². The van der Waals surface area contributed by atoms with E-state index in [1.54, 1.807) is 0 Å². The van der Waals surface area contributed by atoms with E-state index in [-0.39, 0.29) is 18.4 Å². The molecule has 1 unspecified atom stereocenters. The molecule has 5 heteroatoms. The molecule has 0 radical (unpaired) electrons. The van der Waals surface area contributed by atoms with Crippen molar-refractivity contribution in [2.24, 2.45) is 11.7 Å². The fraction of sp³-hybridized carbons (Fsp3) is 0.800. The second kappa shape index (κ2) is 5.11. The summed E-state index contributed by atoms with van der Waals surface area (Å²) < 4.78 is 0.